The van der Waals surface area contributed by atoms with Crippen LogP contribution in [0.15, 0.2) is 212 Å². The summed E-state index contributed by atoms with van der Waals surface area (Å²) in [7, 11) is 1.60. The van der Waals surface area contributed by atoms with Crippen LogP contribution in [0.3, 0.4) is 0 Å². The molecule has 0 unspecified atom stereocenters. The van der Waals surface area contributed by atoms with E-state index in [1.54, 1.807) is 7.11 Å². The summed E-state index contributed by atoms with van der Waals surface area (Å²) in [6.45, 7) is 2.38. The fraction of sp³-hybridized carbons (Fsp3) is 0.323. The van der Waals surface area contributed by atoms with Gasteiger partial charge >= 0.3 is 0 Å². The maximum Gasteiger partial charge on any atom is 0.187 e. The van der Waals surface area contributed by atoms with Gasteiger partial charge in [-0.3, -0.25) is 0 Å². The Bertz CT molecular complexity index is 2560. The number of methoxy groups -OCH3 is 1. The van der Waals surface area contributed by atoms with Crippen molar-refractivity contribution in [3.05, 3.63) is 251 Å². The Hall–Kier alpha value is -5.90. The molecule has 0 saturated carbocycles. The molecule has 2 heterocycles. The van der Waals surface area contributed by atoms with Gasteiger partial charge in [0.05, 0.1) is 59.5 Å². The molecular weight excluding hydrogens is 921 g/mol. The van der Waals surface area contributed by atoms with Crippen molar-refractivity contribution in [2.45, 2.75) is 108 Å². The average molecular weight is 987 g/mol. The van der Waals surface area contributed by atoms with Crippen molar-refractivity contribution in [1.29, 1.82) is 0 Å². The first-order valence-electron chi connectivity index (χ1n) is 25.2. The van der Waals surface area contributed by atoms with Crippen molar-refractivity contribution < 1.29 is 52.1 Å². The normalized spacial score (nSPS) is 24.0. The first kappa shape index (κ1) is 52.0. The molecule has 2 aliphatic heterocycles. The number of hydrogen-bond acceptors (Lipinski definition) is 11. The summed E-state index contributed by atoms with van der Waals surface area (Å²) in [6.07, 6.45) is -8.11. The quantitative estimate of drug-likeness (QED) is 0.0518. The number of hydrogen-bond donors (Lipinski definition) is 0. The van der Waals surface area contributed by atoms with Crippen molar-refractivity contribution in [3.8, 4) is 0 Å². The summed E-state index contributed by atoms with van der Waals surface area (Å²) in [6, 6.07) is 70.4. The van der Waals surface area contributed by atoms with Crippen molar-refractivity contribution in [1.82, 2.24) is 0 Å². The third kappa shape index (κ3) is 15.3. The molecular formula is C62H66O11. The van der Waals surface area contributed by atoms with E-state index in [0.717, 1.165) is 38.9 Å². The third-order valence-corrected chi connectivity index (χ3v) is 12.9. The molecule has 73 heavy (non-hydrogen) atoms. The average Bonchev–Trinajstić information content (AvgIpc) is 3.45. The van der Waals surface area contributed by atoms with Gasteiger partial charge in [-0.05, 0) is 38.9 Å². The van der Waals surface area contributed by atoms with Gasteiger partial charge in [-0.15, -0.1) is 0 Å². The predicted octanol–water partition coefficient (Wildman–Crippen LogP) is 10.8. The van der Waals surface area contributed by atoms with Gasteiger partial charge in [-0.1, -0.05) is 212 Å². The lowest BCUT2D eigenvalue weighted by atomic mass is 9.96. The topological polar surface area (TPSA) is 102 Å². The monoisotopic (exact) mass is 986 g/mol. The lowest BCUT2D eigenvalue weighted by molar-refractivity contribution is -0.381. The molecule has 0 aromatic heterocycles. The van der Waals surface area contributed by atoms with Crippen molar-refractivity contribution in [3.63, 3.8) is 0 Å². The Morgan fingerprint density at radius 3 is 0.863 bits per heavy atom. The molecule has 2 saturated heterocycles. The van der Waals surface area contributed by atoms with Crippen molar-refractivity contribution in [2.24, 2.45) is 0 Å². The van der Waals surface area contributed by atoms with Gasteiger partial charge in [0.25, 0.3) is 0 Å². The molecule has 380 valence electrons. The molecule has 11 nitrogen and oxygen atoms in total. The molecule has 7 aromatic rings. The van der Waals surface area contributed by atoms with Crippen LogP contribution in [0, 0.1) is 0 Å². The molecule has 0 N–H and O–H groups in total. The van der Waals surface area contributed by atoms with E-state index in [-0.39, 0.29) is 46.2 Å². The molecule has 0 spiro atoms. The Kier molecular flexibility index (Phi) is 19.9. The van der Waals surface area contributed by atoms with Crippen molar-refractivity contribution >= 4 is 0 Å². The van der Waals surface area contributed by atoms with E-state index >= 15 is 0 Å². The molecule has 0 radical (unpaired) electrons. The van der Waals surface area contributed by atoms with E-state index in [4.69, 9.17) is 52.1 Å². The highest BCUT2D eigenvalue weighted by molar-refractivity contribution is 5.19. The summed E-state index contributed by atoms with van der Waals surface area (Å²) in [5.41, 5.74) is 6.97. The Balaban J connectivity index is 1.09. The lowest BCUT2D eigenvalue weighted by Gasteiger charge is -2.50. The van der Waals surface area contributed by atoms with Crippen LogP contribution in [0.1, 0.15) is 38.9 Å². The number of benzene rings is 7. The SMILES string of the molecule is CO[C@H]1O[C@H](COCc2ccccc2)[C@@H](OCc2ccccc2)[C@H](OCc2ccccc2)[C@@H]1O[C@@H]1O[C@H](COCc2ccccc2)[C@@H](OCc2ccccc2)[C@H](OCc2ccccc2)[C@@H]1OCc1ccccc1. The van der Waals surface area contributed by atoms with Gasteiger partial charge in [-0.25, -0.2) is 0 Å². The van der Waals surface area contributed by atoms with Gasteiger partial charge in [0.15, 0.2) is 12.6 Å². The summed E-state index contributed by atoms with van der Waals surface area (Å²) >= 11 is 0. The second kappa shape index (κ2) is 28.0. The molecule has 2 aliphatic rings. The highest BCUT2D eigenvalue weighted by Gasteiger charge is 2.54. The van der Waals surface area contributed by atoms with Crippen LogP contribution in [-0.4, -0.2) is 81.7 Å². The van der Waals surface area contributed by atoms with Crippen LogP contribution in [0.5, 0.6) is 0 Å². The molecule has 0 aliphatic carbocycles. The molecule has 9 rings (SSSR count). The molecule has 11 heteroatoms. The smallest absolute Gasteiger partial charge is 0.187 e. The van der Waals surface area contributed by atoms with Crippen molar-refractivity contribution in [2.75, 3.05) is 20.3 Å². The Labute approximate surface area is 429 Å². The molecule has 2 fully saturated rings. The molecule has 10 atom stereocenters. The summed E-state index contributed by atoms with van der Waals surface area (Å²) in [4.78, 5) is 0. The van der Waals surface area contributed by atoms with E-state index in [2.05, 4.69) is 0 Å². The zero-order valence-corrected chi connectivity index (χ0v) is 41.3. The van der Waals surface area contributed by atoms with Crippen LogP contribution in [0.25, 0.3) is 0 Å². The van der Waals surface area contributed by atoms with Crippen LogP contribution in [-0.2, 0) is 98.4 Å². The van der Waals surface area contributed by atoms with Gasteiger partial charge in [0, 0.05) is 7.11 Å². The standard InChI is InChI=1S/C62H66O11/c1-63-61-60(58(69-42-51-33-19-7-20-34-51)56(67-40-49-29-15-5-16-30-49)53(71-61)44-64-37-46-23-9-2-10-24-46)73-62-59(70-43-52-35-21-8-22-36-52)57(68-41-50-31-17-6-18-32-50)55(66-39-48-27-13-4-14-28-48)54(72-62)45-65-38-47-25-11-3-12-26-47/h2-36,53-62H,37-45H2,1H3/t53-,54-,55-,56-,57+,58+,59+,60+,61+,62+/m1/s1. The number of rotatable bonds is 26. The fourth-order valence-electron chi connectivity index (χ4n) is 9.15. The fourth-order valence-corrected chi connectivity index (χ4v) is 9.15. The maximum atomic E-state index is 7.40. The minimum absolute atomic E-state index is 0.150. The highest BCUT2D eigenvalue weighted by Crippen LogP contribution is 2.37. The van der Waals surface area contributed by atoms with E-state index in [9.17, 15) is 0 Å². The minimum Gasteiger partial charge on any atom is -0.374 e. The largest absolute Gasteiger partial charge is 0.374 e. The summed E-state index contributed by atoms with van der Waals surface area (Å²) in [5.74, 6) is 0. The van der Waals surface area contributed by atoms with Gasteiger partial charge in [0.2, 0.25) is 0 Å². The zero-order chi connectivity index (χ0) is 49.7. The Morgan fingerprint density at radius 1 is 0.288 bits per heavy atom. The van der Waals surface area contributed by atoms with E-state index in [1.165, 1.54) is 0 Å². The molecule has 7 aromatic carbocycles. The minimum atomic E-state index is -1.10. The highest BCUT2D eigenvalue weighted by atomic mass is 16.8. The first-order valence-corrected chi connectivity index (χ1v) is 25.2. The van der Waals surface area contributed by atoms with Gasteiger partial charge in [-0.2, -0.15) is 0 Å². The Morgan fingerprint density at radius 2 is 0.548 bits per heavy atom. The van der Waals surface area contributed by atoms with E-state index in [1.807, 2.05) is 212 Å². The van der Waals surface area contributed by atoms with Crippen LogP contribution in [0.4, 0.5) is 0 Å². The molecule has 0 bridgehead atoms. The van der Waals surface area contributed by atoms with Crippen LogP contribution < -0.4 is 0 Å². The van der Waals surface area contributed by atoms with E-state index < -0.39 is 61.4 Å². The zero-order valence-electron chi connectivity index (χ0n) is 41.3. The number of ether oxygens (including phenoxy) is 11. The first-order chi connectivity index (χ1) is 36.2. The van der Waals surface area contributed by atoms with Crippen LogP contribution >= 0.6 is 0 Å². The van der Waals surface area contributed by atoms with Gasteiger partial charge in [0.1, 0.15) is 48.8 Å². The third-order valence-electron chi connectivity index (χ3n) is 12.9. The second-order valence-electron chi connectivity index (χ2n) is 18.2. The lowest BCUT2D eigenvalue weighted by Crippen LogP contribution is -2.66. The second-order valence-corrected chi connectivity index (χ2v) is 18.2. The summed E-state index contributed by atoms with van der Waals surface area (Å²) < 4.78 is 75.8. The molecule has 0 amide bonds. The van der Waals surface area contributed by atoms with Crippen LogP contribution in [0.2, 0.25) is 0 Å². The summed E-state index contributed by atoms with van der Waals surface area (Å²) in [5, 5.41) is 0. The predicted molar refractivity (Wildman–Crippen MR) is 276 cm³/mol. The van der Waals surface area contributed by atoms with E-state index in [0.29, 0.717) is 13.2 Å². The maximum absolute atomic E-state index is 7.40. The van der Waals surface area contributed by atoms with Gasteiger partial charge < -0.3 is 52.1 Å².